The van der Waals surface area contributed by atoms with Crippen molar-refractivity contribution < 1.29 is 14.3 Å². The van der Waals surface area contributed by atoms with Gasteiger partial charge in [-0.05, 0) is 60.2 Å². The second-order valence-corrected chi connectivity index (χ2v) is 7.63. The number of carbonyl (C=O) groups excluding carboxylic acids is 1. The fourth-order valence-corrected chi connectivity index (χ4v) is 4.31. The summed E-state index contributed by atoms with van der Waals surface area (Å²) in [4.78, 5) is 14.6. The highest BCUT2D eigenvalue weighted by atomic mass is 127. The van der Waals surface area contributed by atoms with E-state index < -0.39 is 0 Å². The summed E-state index contributed by atoms with van der Waals surface area (Å²) in [6, 6.07) is 3.84. The van der Waals surface area contributed by atoms with E-state index in [2.05, 4.69) is 29.2 Å². The SMILES string of the molecule is C=CCOc1c(I)cc(/C=C2\SC(=S)N(CC)C2=O)cc1OCC. The van der Waals surface area contributed by atoms with Crippen molar-refractivity contribution in [2.24, 2.45) is 0 Å². The minimum Gasteiger partial charge on any atom is -0.490 e. The number of ether oxygens (including phenoxy) is 2. The minimum absolute atomic E-state index is 0.0487. The van der Waals surface area contributed by atoms with Crippen LogP contribution in [0.4, 0.5) is 0 Å². The monoisotopic (exact) mass is 475 g/mol. The molecule has 1 fully saturated rings. The average molecular weight is 475 g/mol. The van der Waals surface area contributed by atoms with Crippen molar-refractivity contribution in [1.82, 2.24) is 4.90 Å². The molecule has 1 aliphatic heterocycles. The number of amides is 1. The minimum atomic E-state index is -0.0487. The normalized spacial score (nSPS) is 16.0. The van der Waals surface area contributed by atoms with E-state index in [0.29, 0.717) is 40.5 Å². The molecule has 128 valence electrons. The van der Waals surface area contributed by atoms with Crippen LogP contribution in [0.5, 0.6) is 11.5 Å². The predicted molar refractivity (Wildman–Crippen MR) is 112 cm³/mol. The molecule has 1 aromatic carbocycles. The quantitative estimate of drug-likeness (QED) is 0.252. The third-order valence-electron chi connectivity index (χ3n) is 3.16. The highest BCUT2D eigenvalue weighted by molar-refractivity contribution is 14.1. The number of benzene rings is 1. The zero-order valence-electron chi connectivity index (χ0n) is 13.5. The van der Waals surface area contributed by atoms with Crippen molar-refractivity contribution in [2.75, 3.05) is 19.8 Å². The number of hydrogen-bond acceptors (Lipinski definition) is 5. The average Bonchev–Trinajstić information content (AvgIpc) is 2.80. The number of rotatable bonds is 7. The van der Waals surface area contributed by atoms with Crippen molar-refractivity contribution >= 4 is 62.9 Å². The molecule has 0 radical (unpaired) electrons. The van der Waals surface area contributed by atoms with E-state index in [-0.39, 0.29) is 5.91 Å². The summed E-state index contributed by atoms with van der Waals surface area (Å²) in [5.74, 6) is 1.30. The number of nitrogens with zero attached hydrogens (tertiary/aromatic N) is 1. The van der Waals surface area contributed by atoms with E-state index in [9.17, 15) is 4.79 Å². The Labute approximate surface area is 165 Å². The molecule has 1 saturated heterocycles. The molecule has 0 spiro atoms. The molecule has 24 heavy (non-hydrogen) atoms. The molecule has 0 saturated carbocycles. The molecule has 4 nitrogen and oxygen atoms in total. The lowest BCUT2D eigenvalue weighted by atomic mass is 10.2. The van der Waals surface area contributed by atoms with Crippen LogP contribution in [0.25, 0.3) is 6.08 Å². The third kappa shape index (κ3) is 4.31. The summed E-state index contributed by atoms with van der Waals surface area (Å²) in [6.45, 7) is 9.01. The molecule has 0 bridgehead atoms. The first-order valence-corrected chi connectivity index (χ1v) is 9.77. The summed E-state index contributed by atoms with van der Waals surface area (Å²) in [5.41, 5.74) is 0.880. The second kappa shape index (κ2) is 8.87. The molecule has 0 atom stereocenters. The van der Waals surface area contributed by atoms with E-state index in [4.69, 9.17) is 21.7 Å². The molecule has 1 amide bonds. The Kier molecular flexibility index (Phi) is 7.12. The van der Waals surface area contributed by atoms with Crippen LogP contribution in [-0.4, -0.2) is 34.9 Å². The summed E-state index contributed by atoms with van der Waals surface area (Å²) in [7, 11) is 0. The van der Waals surface area contributed by atoms with Gasteiger partial charge in [-0.2, -0.15) is 0 Å². The first-order valence-electron chi connectivity index (χ1n) is 7.47. The first-order chi connectivity index (χ1) is 11.5. The van der Waals surface area contributed by atoms with E-state index in [1.807, 2.05) is 32.1 Å². The van der Waals surface area contributed by atoms with E-state index in [1.54, 1.807) is 11.0 Å². The maximum atomic E-state index is 12.3. The third-order valence-corrected chi connectivity index (χ3v) is 5.34. The molecular weight excluding hydrogens is 457 g/mol. The number of thioether (sulfide) groups is 1. The Morgan fingerprint density at radius 3 is 2.71 bits per heavy atom. The zero-order chi connectivity index (χ0) is 17.7. The van der Waals surface area contributed by atoms with Gasteiger partial charge in [0.2, 0.25) is 0 Å². The number of thiocarbonyl (C=S) groups is 1. The molecule has 2 rings (SSSR count). The standard InChI is InChI=1S/C17H18INO3S2/c1-4-7-22-15-12(18)8-11(9-13(15)21-6-3)10-14-16(20)19(5-2)17(23)24-14/h4,8-10H,1,5-7H2,2-3H3/b14-10-. The van der Waals surface area contributed by atoms with Gasteiger partial charge in [0.25, 0.3) is 5.91 Å². The van der Waals surface area contributed by atoms with Gasteiger partial charge >= 0.3 is 0 Å². The molecule has 7 heteroatoms. The summed E-state index contributed by atoms with van der Waals surface area (Å²) in [6.07, 6.45) is 3.53. The summed E-state index contributed by atoms with van der Waals surface area (Å²) < 4.78 is 12.9. The van der Waals surface area contributed by atoms with Crippen molar-refractivity contribution in [1.29, 1.82) is 0 Å². The number of likely N-dealkylation sites (N-methyl/N-ethyl adjacent to an activating group) is 1. The largest absolute Gasteiger partial charge is 0.490 e. The Morgan fingerprint density at radius 2 is 2.12 bits per heavy atom. The number of halogens is 1. The van der Waals surface area contributed by atoms with E-state index >= 15 is 0 Å². The summed E-state index contributed by atoms with van der Waals surface area (Å²) >= 11 is 8.77. The molecule has 0 unspecified atom stereocenters. The molecule has 0 N–H and O–H groups in total. The van der Waals surface area contributed by atoms with Crippen molar-refractivity contribution in [3.8, 4) is 11.5 Å². The van der Waals surface area contributed by atoms with Crippen LogP contribution in [0.15, 0.2) is 29.7 Å². The fraction of sp³-hybridized carbons (Fsp3) is 0.294. The lowest BCUT2D eigenvalue weighted by Crippen LogP contribution is -2.27. The van der Waals surface area contributed by atoms with Gasteiger partial charge in [-0.25, -0.2) is 0 Å². The lowest BCUT2D eigenvalue weighted by Gasteiger charge is -2.14. The van der Waals surface area contributed by atoms with Gasteiger partial charge in [0, 0.05) is 6.54 Å². The van der Waals surface area contributed by atoms with Gasteiger partial charge in [-0.15, -0.1) is 0 Å². The molecular formula is C17H18INO3S2. The predicted octanol–water partition coefficient (Wildman–Crippen LogP) is 4.48. The maximum absolute atomic E-state index is 12.3. The Bertz CT molecular complexity index is 703. The van der Waals surface area contributed by atoms with Gasteiger partial charge in [-0.1, -0.05) is 36.6 Å². The number of hydrogen-bond donors (Lipinski definition) is 0. The molecule has 0 aliphatic carbocycles. The van der Waals surface area contributed by atoms with Crippen LogP contribution in [0.1, 0.15) is 19.4 Å². The van der Waals surface area contributed by atoms with Gasteiger partial charge in [0.05, 0.1) is 15.1 Å². The molecule has 0 aromatic heterocycles. The second-order valence-electron chi connectivity index (χ2n) is 4.79. The topological polar surface area (TPSA) is 38.8 Å². The van der Waals surface area contributed by atoms with Gasteiger partial charge in [0.1, 0.15) is 10.9 Å². The molecule has 1 aliphatic rings. The van der Waals surface area contributed by atoms with Crippen LogP contribution >= 0.6 is 46.6 Å². The highest BCUT2D eigenvalue weighted by Crippen LogP contribution is 2.37. The van der Waals surface area contributed by atoms with Gasteiger partial charge < -0.3 is 9.47 Å². The Hall–Kier alpha value is -1.06. The van der Waals surface area contributed by atoms with E-state index in [1.165, 1.54) is 11.8 Å². The molecule has 1 aromatic rings. The Morgan fingerprint density at radius 1 is 1.38 bits per heavy atom. The Balaban J connectivity index is 2.38. The van der Waals surface area contributed by atoms with Gasteiger partial charge in [0.15, 0.2) is 11.5 Å². The van der Waals surface area contributed by atoms with Crippen LogP contribution < -0.4 is 9.47 Å². The smallest absolute Gasteiger partial charge is 0.266 e. The van der Waals surface area contributed by atoms with Crippen molar-refractivity contribution in [3.05, 3.63) is 38.8 Å². The zero-order valence-corrected chi connectivity index (χ0v) is 17.3. The maximum Gasteiger partial charge on any atom is 0.266 e. The lowest BCUT2D eigenvalue weighted by molar-refractivity contribution is -0.121. The van der Waals surface area contributed by atoms with Crippen LogP contribution in [-0.2, 0) is 4.79 Å². The van der Waals surface area contributed by atoms with Crippen LogP contribution in [0.2, 0.25) is 0 Å². The highest BCUT2D eigenvalue weighted by Gasteiger charge is 2.30. The van der Waals surface area contributed by atoms with Gasteiger partial charge in [-0.3, -0.25) is 9.69 Å². The first kappa shape index (κ1) is 19.3. The number of carbonyl (C=O) groups is 1. The van der Waals surface area contributed by atoms with Crippen LogP contribution in [0, 0.1) is 3.57 Å². The van der Waals surface area contributed by atoms with Crippen molar-refractivity contribution in [3.63, 3.8) is 0 Å². The van der Waals surface area contributed by atoms with Crippen molar-refractivity contribution in [2.45, 2.75) is 13.8 Å². The fourth-order valence-electron chi connectivity index (χ4n) is 2.14. The van der Waals surface area contributed by atoms with E-state index in [0.717, 1.165) is 9.13 Å². The summed E-state index contributed by atoms with van der Waals surface area (Å²) in [5, 5.41) is 0. The molecule has 1 heterocycles. The van der Waals surface area contributed by atoms with Crippen LogP contribution in [0.3, 0.4) is 0 Å².